The topological polar surface area (TPSA) is 35.2 Å². The lowest BCUT2D eigenvalue weighted by molar-refractivity contribution is 0.357. The molecule has 2 N–H and O–H groups in total. The average Bonchev–Trinajstić information content (AvgIpc) is 2.87. The summed E-state index contributed by atoms with van der Waals surface area (Å²) in [7, 11) is 0. The third-order valence-electron chi connectivity index (χ3n) is 3.37. The maximum Gasteiger partial charge on any atom is 0.122 e. The molecule has 2 heteroatoms. The first kappa shape index (κ1) is 8.30. The van der Waals surface area contributed by atoms with E-state index < -0.39 is 0 Å². The molecule has 74 valence electrons. The second-order valence-electron chi connectivity index (χ2n) is 4.30. The average molecular weight is 189 g/mol. The molecule has 0 saturated heterocycles. The highest BCUT2D eigenvalue weighted by Crippen LogP contribution is 2.47. The van der Waals surface area contributed by atoms with Crippen molar-refractivity contribution in [2.24, 2.45) is 11.7 Å². The molecule has 0 radical (unpaired) electrons. The van der Waals surface area contributed by atoms with E-state index in [2.05, 4.69) is 18.2 Å². The maximum atomic E-state index is 5.65. The zero-order valence-corrected chi connectivity index (χ0v) is 8.20. The van der Waals surface area contributed by atoms with E-state index in [0.717, 1.165) is 37.2 Å². The molecule has 1 aliphatic heterocycles. The van der Waals surface area contributed by atoms with Gasteiger partial charge in [-0.2, -0.15) is 0 Å². The largest absolute Gasteiger partial charge is 0.493 e. The van der Waals surface area contributed by atoms with Crippen LogP contribution < -0.4 is 10.5 Å². The van der Waals surface area contributed by atoms with Crippen molar-refractivity contribution in [2.75, 3.05) is 13.2 Å². The van der Waals surface area contributed by atoms with Crippen molar-refractivity contribution in [2.45, 2.75) is 18.8 Å². The number of nitrogens with two attached hydrogens (primary N) is 1. The van der Waals surface area contributed by atoms with Gasteiger partial charge in [0.15, 0.2) is 0 Å². The Bertz CT molecular complexity index is 361. The number of hydrogen-bond donors (Lipinski definition) is 1. The normalized spacial score (nSPS) is 28.4. The highest BCUT2D eigenvalue weighted by atomic mass is 16.5. The molecule has 3 rings (SSSR count). The van der Waals surface area contributed by atoms with Crippen LogP contribution in [0.15, 0.2) is 18.2 Å². The number of hydrogen-bond acceptors (Lipinski definition) is 2. The minimum absolute atomic E-state index is 0.728. The van der Waals surface area contributed by atoms with Crippen molar-refractivity contribution in [3.8, 4) is 5.75 Å². The molecule has 14 heavy (non-hydrogen) atoms. The van der Waals surface area contributed by atoms with E-state index in [-0.39, 0.29) is 0 Å². The van der Waals surface area contributed by atoms with Gasteiger partial charge in [0.25, 0.3) is 0 Å². The van der Waals surface area contributed by atoms with E-state index in [0.29, 0.717) is 0 Å². The lowest BCUT2D eigenvalue weighted by Gasteiger charge is -2.02. The van der Waals surface area contributed by atoms with E-state index in [4.69, 9.17) is 10.5 Å². The minimum atomic E-state index is 0.728. The smallest absolute Gasteiger partial charge is 0.122 e. The fourth-order valence-electron chi connectivity index (χ4n) is 2.35. The van der Waals surface area contributed by atoms with Gasteiger partial charge < -0.3 is 10.5 Å². The molecule has 0 spiro atoms. The highest BCUT2D eigenvalue weighted by Gasteiger charge is 2.37. The van der Waals surface area contributed by atoms with Crippen LogP contribution in [0.3, 0.4) is 0 Å². The lowest BCUT2D eigenvalue weighted by Crippen LogP contribution is -2.01. The molecule has 0 amide bonds. The van der Waals surface area contributed by atoms with Gasteiger partial charge in [-0.15, -0.1) is 0 Å². The molecule has 1 saturated carbocycles. The molecule has 1 aliphatic carbocycles. The van der Waals surface area contributed by atoms with Crippen molar-refractivity contribution in [3.05, 3.63) is 29.3 Å². The van der Waals surface area contributed by atoms with E-state index in [1.54, 1.807) is 0 Å². The SMILES string of the molecule is NC[C@H]1C[C@H]1c1ccc2c(c1)CCO2. The Morgan fingerprint density at radius 3 is 3.14 bits per heavy atom. The van der Waals surface area contributed by atoms with Crippen LogP contribution >= 0.6 is 0 Å². The summed E-state index contributed by atoms with van der Waals surface area (Å²) < 4.78 is 5.48. The molecule has 2 atom stereocenters. The molecule has 0 unspecified atom stereocenters. The Hall–Kier alpha value is -1.02. The number of ether oxygens (including phenoxy) is 1. The number of benzene rings is 1. The van der Waals surface area contributed by atoms with Gasteiger partial charge in [0.1, 0.15) is 5.75 Å². The van der Waals surface area contributed by atoms with Crippen LogP contribution in [0.5, 0.6) is 5.75 Å². The molecule has 1 fully saturated rings. The predicted octanol–water partition coefficient (Wildman–Crippen LogP) is 1.68. The first-order chi connectivity index (χ1) is 6.88. The van der Waals surface area contributed by atoms with Crippen molar-refractivity contribution in [3.63, 3.8) is 0 Å². The van der Waals surface area contributed by atoms with Crippen LogP contribution in [0, 0.1) is 5.92 Å². The lowest BCUT2D eigenvalue weighted by atomic mass is 10.0. The molecule has 2 nitrogen and oxygen atoms in total. The molecule has 1 aromatic carbocycles. The first-order valence-corrected chi connectivity index (χ1v) is 5.34. The Balaban J connectivity index is 1.87. The van der Waals surface area contributed by atoms with E-state index >= 15 is 0 Å². The maximum absolute atomic E-state index is 5.65. The van der Waals surface area contributed by atoms with Gasteiger partial charge >= 0.3 is 0 Å². The molecule has 0 aromatic heterocycles. The summed E-state index contributed by atoms with van der Waals surface area (Å²) in [6.07, 6.45) is 2.35. The number of rotatable bonds is 2. The zero-order chi connectivity index (χ0) is 9.54. The summed E-state index contributed by atoms with van der Waals surface area (Å²) in [5, 5.41) is 0. The Kier molecular flexibility index (Phi) is 1.77. The van der Waals surface area contributed by atoms with Gasteiger partial charge in [0.2, 0.25) is 0 Å². The molecule has 1 aromatic rings. The molecule has 1 heterocycles. The Labute approximate surface area is 84.1 Å². The van der Waals surface area contributed by atoms with Crippen molar-refractivity contribution in [1.29, 1.82) is 0 Å². The van der Waals surface area contributed by atoms with Crippen molar-refractivity contribution >= 4 is 0 Å². The van der Waals surface area contributed by atoms with Gasteiger partial charge in [-0.05, 0) is 42.0 Å². The van der Waals surface area contributed by atoms with Crippen LogP contribution in [0.1, 0.15) is 23.5 Å². The summed E-state index contributed by atoms with van der Waals surface area (Å²) in [4.78, 5) is 0. The molecular formula is C12H15NO. The van der Waals surface area contributed by atoms with Crippen molar-refractivity contribution < 1.29 is 4.74 Å². The summed E-state index contributed by atoms with van der Waals surface area (Å²) >= 11 is 0. The van der Waals surface area contributed by atoms with E-state index in [9.17, 15) is 0 Å². The van der Waals surface area contributed by atoms with Gasteiger partial charge in [-0.1, -0.05) is 12.1 Å². The van der Waals surface area contributed by atoms with Crippen LogP contribution in [0.25, 0.3) is 0 Å². The summed E-state index contributed by atoms with van der Waals surface area (Å²) in [5.41, 5.74) is 8.49. The summed E-state index contributed by atoms with van der Waals surface area (Å²) in [6, 6.07) is 6.62. The van der Waals surface area contributed by atoms with Crippen LogP contribution in [0.4, 0.5) is 0 Å². The van der Waals surface area contributed by atoms with Gasteiger partial charge in [0.05, 0.1) is 6.61 Å². The monoisotopic (exact) mass is 189 g/mol. The standard InChI is InChI=1S/C12H15NO/c13-7-10-6-11(10)8-1-2-12-9(5-8)3-4-14-12/h1-2,5,10-11H,3-4,6-7,13H2/t10-,11+/m1/s1. The zero-order valence-electron chi connectivity index (χ0n) is 8.20. The Morgan fingerprint density at radius 2 is 2.36 bits per heavy atom. The quantitative estimate of drug-likeness (QED) is 0.768. The molecule has 0 bridgehead atoms. The Morgan fingerprint density at radius 1 is 1.43 bits per heavy atom. The third kappa shape index (κ3) is 1.22. The first-order valence-electron chi connectivity index (χ1n) is 5.34. The summed E-state index contributed by atoms with van der Waals surface area (Å²) in [6.45, 7) is 1.68. The highest BCUT2D eigenvalue weighted by molar-refractivity contribution is 5.42. The third-order valence-corrected chi connectivity index (χ3v) is 3.37. The van der Waals surface area contributed by atoms with Crippen LogP contribution in [-0.2, 0) is 6.42 Å². The fraction of sp³-hybridized carbons (Fsp3) is 0.500. The van der Waals surface area contributed by atoms with Crippen LogP contribution in [-0.4, -0.2) is 13.2 Å². The van der Waals surface area contributed by atoms with E-state index in [1.165, 1.54) is 17.5 Å². The predicted molar refractivity (Wildman–Crippen MR) is 55.5 cm³/mol. The van der Waals surface area contributed by atoms with E-state index in [1.807, 2.05) is 0 Å². The van der Waals surface area contributed by atoms with Crippen molar-refractivity contribution in [1.82, 2.24) is 0 Å². The second kappa shape index (κ2) is 2.99. The minimum Gasteiger partial charge on any atom is -0.493 e. The molecular weight excluding hydrogens is 174 g/mol. The van der Waals surface area contributed by atoms with Gasteiger partial charge in [-0.25, -0.2) is 0 Å². The van der Waals surface area contributed by atoms with Gasteiger partial charge in [-0.3, -0.25) is 0 Å². The van der Waals surface area contributed by atoms with Gasteiger partial charge in [0, 0.05) is 6.42 Å². The summed E-state index contributed by atoms with van der Waals surface area (Å²) in [5.74, 6) is 2.54. The van der Waals surface area contributed by atoms with Crippen LogP contribution in [0.2, 0.25) is 0 Å². The fourth-order valence-corrected chi connectivity index (χ4v) is 2.35. The number of fused-ring (bicyclic) bond motifs is 1. The second-order valence-corrected chi connectivity index (χ2v) is 4.30. The molecule has 2 aliphatic rings.